The van der Waals surface area contributed by atoms with Gasteiger partial charge in [0.1, 0.15) is 34.4 Å². The SMILES string of the molecule is CC(C)Oc1cc(Cc2cc(OC(C)C)c(N3C(=O)C=CC3=O)c(OC(C)C)c2)cc(OC(C)C)c1N1C(=O)C=CC1=O. The van der Waals surface area contributed by atoms with Gasteiger partial charge >= 0.3 is 0 Å². The van der Waals surface area contributed by atoms with Gasteiger partial charge in [0.15, 0.2) is 0 Å². The molecule has 2 aliphatic rings. The molecule has 4 amide bonds. The molecule has 2 heterocycles. The first-order valence-electron chi connectivity index (χ1n) is 14.4. The summed E-state index contributed by atoms with van der Waals surface area (Å²) < 4.78 is 24.5. The van der Waals surface area contributed by atoms with Gasteiger partial charge in [0, 0.05) is 24.3 Å². The highest BCUT2D eigenvalue weighted by molar-refractivity contribution is 6.30. The number of carbonyl (C=O) groups excluding carboxylic acids is 4. The lowest BCUT2D eigenvalue weighted by atomic mass is 10.0. The summed E-state index contributed by atoms with van der Waals surface area (Å²) in [6.07, 6.45) is 4.16. The fourth-order valence-electron chi connectivity index (χ4n) is 4.77. The van der Waals surface area contributed by atoms with Crippen molar-refractivity contribution in [1.29, 1.82) is 0 Å². The van der Waals surface area contributed by atoms with Gasteiger partial charge in [-0.05, 0) is 97.2 Å². The van der Waals surface area contributed by atoms with Crippen molar-refractivity contribution in [3.63, 3.8) is 0 Å². The Labute approximate surface area is 251 Å². The highest BCUT2D eigenvalue weighted by Gasteiger charge is 2.34. The highest BCUT2D eigenvalue weighted by atomic mass is 16.5. The molecule has 0 saturated carbocycles. The molecule has 0 atom stereocenters. The van der Waals surface area contributed by atoms with Crippen molar-refractivity contribution in [2.75, 3.05) is 9.80 Å². The van der Waals surface area contributed by atoms with E-state index in [-0.39, 0.29) is 35.8 Å². The van der Waals surface area contributed by atoms with Crippen LogP contribution in [0.4, 0.5) is 11.4 Å². The molecule has 0 bridgehead atoms. The number of imide groups is 2. The monoisotopic (exact) mass is 590 g/mol. The van der Waals surface area contributed by atoms with Gasteiger partial charge in [-0.25, -0.2) is 9.80 Å². The first-order chi connectivity index (χ1) is 20.2. The van der Waals surface area contributed by atoms with E-state index in [0.29, 0.717) is 29.4 Å². The zero-order chi connectivity index (χ0) is 31.6. The molecular weight excluding hydrogens is 552 g/mol. The summed E-state index contributed by atoms with van der Waals surface area (Å²) in [7, 11) is 0. The Hall–Kier alpha value is -4.60. The summed E-state index contributed by atoms with van der Waals surface area (Å²) in [5.41, 5.74) is 2.01. The fraction of sp³-hybridized carbons (Fsp3) is 0.394. The molecular formula is C33H38N2O8. The average Bonchev–Trinajstić information content (AvgIpc) is 3.37. The van der Waals surface area contributed by atoms with Gasteiger partial charge in [-0.2, -0.15) is 0 Å². The van der Waals surface area contributed by atoms with E-state index in [1.807, 2.05) is 55.4 Å². The number of anilines is 2. The zero-order valence-corrected chi connectivity index (χ0v) is 25.8. The minimum absolute atomic E-state index is 0.243. The summed E-state index contributed by atoms with van der Waals surface area (Å²) in [6.45, 7) is 14.8. The predicted molar refractivity (Wildman–Crippen MR) is 162 cm³/mol. The van der Waals surface area contributed by atoms with Crippen LogP contribution in [0.25, 0.3) is 0 Å². The summed E-state index contributed by atoms with van der Waals surface area (Å²) >= 11 is 0. The number of amides is 4. The smallest absolute Gasteiger partial charge is 0.258 e. The molecule has 2 aromatic rings. The second-order valence-corrected chi connectivity index (χ2v) is 11.4. The van der Waals surface area contributed by atoms with E-state index in [4.69, 9.17) is 18.9 Å². The van der Waals surface area contributed by atoms with Crippen molar-refractivity contribution in [2.24, 2.45) is 0 Å². The minimum atomic E-state index is -0.484. The van der Waals surface area contributed by atoms with Crippen molar-refractivity contribution in [3.8, 4) is 23.0 Å². The summed E-state index contributed by atoms with van der Waals surface area (Å²) in [6, 6.07) is 7.11. The lowest BCUT2D eigenvalue weighted by Crippen LogP contribution is -2.31. The molecule has 0 aliphatic carbocycles. The quantitative estimate of drug-likeness (QED) is 0.307. The van der Waals surface area contributed by atoms with Crippen molar-refractivity contribution in [2.45, 2.75) is 86.2 Å². The van der Waals surface area contributed by atoms with Crippen molar-refractivity contribution in [3.05, 3.63) is 59.7 Å². The Bertz CT molecular complexity index is 1290. The van der Waals surface area contributed by atoms with E-state index in [2.05, 4.69) is 0 Å². The van der Waals surface area contributed by atoms with Crippen LogP contribution in [-0.4, -0.2) is 48.0 Å². The lowest BCUT2D eigenvalue weighted by molar-refractivity contribution is -0.121. The topological polar surface area (TPSA) is 112 Å². The van der Waals surface area contributed by atoms with Crippen LogP contribution < -0.4 is 28.7 Å². The second-order valence-electron chi connectivity index (χ2n) is 11.4. The number of ether oxygens (including phenoxy) is 4. The van der Waals surface area contributed by atoms with Gasteiger partial charge in [0.2, 0.25) is 0 Å². The number of nitrogens with zero attached hydrogens (tertiary/aromatic N) is 2. The molecule has 0 N–H and O–H groups in total. The molecule has 228 valence electrons. The number of hydrogen-bond donors (Lipinski definition) is 0. The van der Waals surface area contributed by atoms with Crippen LogP contribution in [0.2, 0.25) is 0 Å². The van der Waals surface area contributed by atoms with E-state index in [9.17, 15) is 19.2 Å². The van der Waals surface area contributed by atoms with E-state index in [1.165, 1.54) is 24.3 Å². The molecule has 2 aliphatic heterocycles. The number of rotatable bonds is 12. The maximum absolute atomic E-state index is 12.7. The van der Waals surface area contributed by atoms with Crippen LogP contribution in [0.1, 0.15) is 66.5 Å². The minimum Gasteiger partial charge on any atom is -0.489 e. The zero-order valence-electron chi connectivity index (χ0n) is 25.8. The largest absolute Gasteiger partial charge is 0.489 e. The Morgan fingerprint density at radius 2 is 0.698 bits per heavy atom. The number of carbonyl (C=O) groups is 4. The van der Waals surface area contributed by atoms with Crippen LogP contribution in [0.5, 0.6) is 23.0 Å². The molecule has 10 nitrogen and oxygen atoms in total. The predicted octanol–water partition coefficient (Wildman–Crippen LogP) is 5.29. The summed E-state index contributed by atoms with van der Waals surface area (Å²) in [5.74, 6) is -0.653. The Morgan fingerprint density at radius 1 is 0.465 bits per heavy atom. The van der Waals surface area contributed by atoms with Crippen molar-refractivity contribution in [1.82, 2.24) is 0 Å². The van der Waals surface area contributed by atoms with Crippen LogP contribution in [0, 0.1) is 0 Å². The number of hydrogen-bond acceptors (Lipinski definition) is 8. The van der Waals surface area contributed by atoms with Crippen LogP contribution in [-0.2, 0) is 25.6 Å². The molecule has 0 spiro atoms. The molecule has 4 rings (SSSR count). The second kappa shape index (κ2) is 12.7. The Balaban J connectivity index is 1.87. The Morgan fingerprint density at radius 3 is 0.907 bits per heavy atom. The molecule has 0 unspecified atom stereocenters. The molecule has 0 fully saturated rings. The van der Waals surface area contributed by atoms with Crippen LogP contribution in [0.3, 0.4) is 0 Å². The van der Waals surface area contributed by atoms with Gasteiger partial charge in [-0.15, -0.1) is 0 Å². The van der Waals surface area contributed by atoms with Crippen molar-refractivity contribution < 1.29 is 38.1 Å². The normalized spacial score (nSPS) is 14.9. The van der Waals surface area contributed by atoms with E-state index in [0.717, 1.165) is 20.9 Å². The molecule has 0 saturated heterocycles. The highest BCUT2D eigenvalue weighted by Crippen LogP contribution is 2.45. The van der Waals surface area contributed by atoms with Gasteiger partial charge in [0.05, 0.1) is 24.4 Å². The third-order valence-corrected chi connectivity index (χ3v) is 6.12. The third-order valence-electron chi connectivity index (χ3n) is 6.12. The van der Waals surface area contributed by atoms with Crippen molar-refractivity contribution >= 4 is 35.0 Å². The van der Waals surface area contributed by atoms with Gasteiger partial charge < -0.3 is 18.9 Å². The Kier molecular flexibility index (Phi) is 9.27. The first kappa shape index (κ1) is 31.3. The summed E-state index contributed by atoms with van der Waals surface area (Å²) in [4.78, 5) is 52.9. The number of benzene rings is 2. The first-order valence-corrected chi connectivity index (χ1v) is 14.4. The van der Waals surface area contributed by atoms with Gasteiger partial charge in [-0.1, -0.05) is 0 Å². The lowest BCUT2D eigenvalue weighted by Gasteiger charge is -2.26. The molecule has 10 heteroatoms. The average molecular weight is 591 g/mol. The van der Waals surface area contributed by atoms with Crippen LogP contribution in [0.15, 0.2) is 48.6 Å². The molecule has 0 aromatic heterocycles. The maximum atomic E-state index is 12.7. The van der Waals surface area contributed by atoms with E-state index < -0.39 is 23.6 Å². The maximum Gasteiger partial charge on any atom is 0.258 e. The molecule has 0 radical (unpaired) electrons. The van der Waals surface area contributed by atoms with E-state index in [1.54, 1.807) is 24.3 Å². The summed E-state index contributed by atoms with van der Waals surface area (Å²) in [5, 5.41) is 0. The van der Waals surface area contributed by atoms with Gasteiger partial charge in [-0.3, -0.25) is 19.2 Å². The van der Waals surface area contributed by atoms with Crippen LogP contribution >= 0.6 is 0 Å². The van der Waals surface area contributed by atoms with Gasteiger partial charge in [0.25, 0.3) is 23.6 Å². The molecule has 2 aromatic carbocycles. The van der Waals surface area contributed by atoms with E-state index >= 15 is 0 Å². The fourth-order valence-corrected chi connectivity index (χ4v) is 4.77. The molecule has 43 heavy (non-hydrogen) atoms. The third kappa shape index (κ3) is 7.07. The standard InChI is InChI=1S/C33H38N2O8/c1-18(2)40-24-14-22(15-25(41-19(3)4)32(24)34-28(36)9-10-29(34)37)13-23-16-26(42-20(5)6)33(27(17-23)43-21(7)8)35-30(38)11-12-31(35)39/h9-12,14-21H,13H2,1-8H3.